The fourth-order valence-electron chi connectivity index (χ4n) is 2.89. The Labute approximate surface area is 143 Å². The van der Waals surface area contributed by atoms with Crippen LogP contribution >= 0.6 is 11.3 Å². The van der Waals surface area contributed by atoms with Crippen molar-refractivity contribution >= 4 is 33.3 Å². The van der Waals surface area contributed by atoms with Crippen LogP contribution in [0, 0.1) is 6.92 Å². The van der Waals surface area contributed by atoms with Gasteiger partial charge in [-0.1, -0.05) is 0 Å². The number of ether oxygens (including phenoxy) is 1. The molecule has 0 saturated carbocycles. The Morgan fingerprint density at radius 1 is 1.29 bits per heavy atom. The second-order valence-electron chi connectivity index (χ2n) is 5.92. The fraction of sp³-hybridized carbons (Fsp3) is 0.375. The van der Waals surface area contributed by atoms with Crippen molar-refractivity contribution in [2.24, 2.45) is 0 Å². The summed E-state index contributed by atoms with van der Waals surface area (Å²) in [5.41, 5.74) is 7.54. The van der Waals surface area contributed by atoms with Crippen LogP contribution in [-0.2, 0) is 4.74 Å². The summed E-state index contributed by atoms with van der Waals surface area (Å²) in [6.45, 7) is 6.48. The van der Waals surface area contributed by atoms with E-state index >= 15 is 0 Å². The van der Waals surface area contributed by atoms with Crippen LogP contribution < -0.4 is 10.6 Å². The zero-order valence-electron chi connectivity index (χ0n) is 13.6. The number of rotatable bonds is 2. The highest BCUT2D eigenvalue weighted by Gasteiger charge is 2.25. The van der Waals surface area contributed by atoms with E-state index in [1.807, 2.05) is 0 Å². The average molecular weight is 342 g/mol. The van der Waals surface area contributed by atoms with Gasteiger partial charge in [0, 0.05) is 18.9 Å². The Balaban J connectivity index is 1.89. The molecule has 3 aromatic rings. The van der Waals surface area contributed by atoms with Crippen LogP contribution in [0.5, 0.6) is 0 Å². The largest absolute Gasteiger partial charge is 0.377 e. The summed E-state index contributed by atoms with van der Waals surface area (Å²) in [5.74, 6) is 1.83. The zero-order valence-corrected chi connectivity index (χ0v) is 14.4. The molecule has 1 atom stereocenters. The fourth-order valence-corrected chi connectivity index (χ4v) is 3.81. The van der Waals surface area contributed by atoms with Gasteiger partial charge in [-0.15, -0.1) is 11.3 Å². The summed E-state index contributed by atoms with van der Waals surface area (Å²) in [5, 5.41) is 3.24. The highest BCUT2D eigenvalue weighted by molar-refractivity contribution is 7.17. The van der Waals surface area contributed by atoms with Crippen LogP contribution in [0.4, 0.5) is 11.8 Å². The number of morpholine rings is 1. The van der Waals surface area contributed by atoms with Crippen LogP contribution in [-0.4, -0.2) is 45.7 Å². The molecule has 24 heavy (non-hydrogen) atoms. The SMILES string of the molecule is Cc1csc2nc(-c3cnc(N)nc3)nc(N3CCOCC3C)c12. The first-order valence-electron chi connectivity index (χ1n) is 7.81. The van der Waals surface area contributed by atoms with Gasteiger partial charge >= 0.3 is 0 Å². The number of aromatic nitrogens is 4. The topological polar surface area (TPSA) is 90.0 Å². The Morgan fingerprint density at radius 3 is 2.83 bits per heavy atom. The van der Waals surface area contributed by atoms with Crippen LogP contribution in [0.15, 0.2) is 17.8 Å². The van der Waals surface area contributed by atoms with E-state index in [-0.39, 0.29) is 12.0 Å². The summed E-state index contributed by atoms with van der Waals surface area (Å²) in [4.78, 5) is 20.9. The number of hydrogen-bond donors (Lipinski definition) is 1. The van der Waals surface area contributed by atoms with E-state index in [2.05, 4.69) is 34.1 Å². The van der Waals surface area contributed by atoms with Crippen LogP contribution in [0.1, 0.15) is 12.5 Å². The molecule has 124 valence electrons. The lowest BCUT2D eigenvalue weighted by Crippen LogP contribution is -2.44. The number of nitrogens with zero attached hydrogens (tertiary/aromatic N) is 5. The molecule has 1 fully saturated rings. The van der Waals surface area contributed by atoms with Crippen molar-refractivity contribution in [2.75, 3.05) is 30.4 Å². The van der Waals surface area contributed by atoms with Gasteiger partial charge in [0.25, 0.3) is 0 Å². The van der Waals surface area contributed by atoms with E-state index in [1.54, 1.807) is 23.7 Å². The Kier molecular flexibility index (Phi) is 3.78. The van der Waals surface area contributed by atoms with Gasteiger partial charge in [0.05, 0.1) is 30.2 Å². The summed E-state index contributed by atoms with van der Waals surface area (Å²) in [6, 6.07) is 0.270. The van der Waals surface area contributed by atoms with Gasteiger partial charge < -0.3 is 15.4 Å². The summed E-state index contributed by atoms with van der Waals surface area (Å²) in [6.07, 6.45) is 3.33. The standard InChI is InChI=1S/C16H18N6OS/c1-9-8-24-15-12(9)14(22-3-4-23-7-10(22)2)20-13(21-15)11-5-18-16(17)19-6-11/h5-6,8,10H,3-4,7H2,1-2H3,(H2,17,18,19). The second-order valence-corrected chi connectivity index (χ2v) is 6.78. The second kappa shape index (κ2) is 5.95. The summed E-state index contributed by atoms with van der Waals surface area (Å²) >= 11 is 1.63. The van der Waals surface area contributed by atoms with Gasteiger partial charge in [-0.05, 0) is 24.8 Å². The van der Waals surface area contributed by atoms with E-state index in [1.165, 1.54) is 5.56 Å². The lowest BCUT2D eigenvalue weighted by Gasteiger charge is -2.34. The van der Waals surface area contributed by atoms with E-state index < -0.39 is 0 Å². The predicted octanol–water partition coefficient (Wildman–Crippen LogP) is 2.26. The lowest BCUT2D eigenvalue weighted by atomic mass is 10.2. The van der Waals surface area contributed by atoms with Crippen molar-refractivity contribution in [2.45, 2.75) is 19.9 Å². The normalized spacial score (nSPS) is 18.2. The van der Waals surface area contributed by atoms with Gasteiger partial charge in [-0.2, -0.15) is 0 Å². The van der Waals surface area contributed by atoms with E-state index in [0.29, 0.717) is 19.0 Å². The highest BCUT2D eigenvalue weighted by Crippen LogP contribution is 2.34. The van der Waals surface area contributed by atoms with Crippen molar-refractivity contribution in [3.8, 4) is 11.4 Å². The molecule has 1 aliphatic heterocycles. The Hall–Kier alpha value is -2.32. The first-order chi connectivity index (χ1) is 11.6. The minimum atomic E-state index is 0.244. The molecule has 1 unspecified atom stereocenters. The van der Waals surface area contributed by atoms with Gasteiger partial charge in [0.1, 0.15) is 10.6 Å². The van der Waals surface area contributed by atoms with Crippen molar-refractivity contribution in [3.05, 3.63) is 23.3 Å². The van der Waals surface area contributed by atoms with Gasteiger partial charge in [0.15, 0.2) is 5.82 Å². The Morgan fingerprint density at radius 2 is 2.08 bits per heavy atom. The minimum absolute atomic E-state index is 0.244. The third kappa shape index (κ3) is 2.57. The van der Waals surface area contributed by atoms with Crippen molar-refractivity contribution in [1.29, 1.82) is 0 Å². The van der Waals surface area contributed by atoms with Crippen LogP contribution in [0.25, 0.3) is 21.6 Å². The molecule has 0 spiro atoms. The maximum absolute atomic E-state index is 5.58. The number of aryl methyl sites for hydroxylation is 1. The molecule has 1 saturated heterocycles. The van der Waals surface area contributed by atoms with Crippen LogP contribution in [0.3, 0.4) is 0 Å². The maximum Gasteiger partial charge on any atom is 0.219 e. The van der Waals surface area contributed by atoms with Crippen LogP contribution in [0.2, 0.25) is 0 Å². The predicted molar refractivity (Wildman–Crippen MR) is 95.2 cm³/mol. The molecule has 3 aromatic heterocycles. The zero-order chi connectivity index (χ0) is 16.7. The van der Waals surface area contributed by atoms with Crippen molar-refractivity contribution in [1.82, 2.24) is 19.9 Å². The average Bonchev–Trinajstić information content (AvgIpc) is 2.97. The quantitative estimate of drug-likeness (QED) is 0.764. The van der Waals surface area contributed by atoms with Gasteiger partial charge in [-0.3, -0.25) is 0 Å². The third-order valence-corrected chi connectivity index (χ3v) is 5.16. The molecule has 4 heterocycles. The molecule has 1 aliphatic rings. The molecule has 0 aliphatic carbocycles. The van der Waals surface area contributed by atoms with Crippen molar-refractivity contribution in [3.63, 3.8) is 0 Å². The maximum atomic E-state index is 5.58. The van der Waals surface area contributed by atoms with E-state index in [4.69, 9.17) is 20.4 Å². The number of anilines is 2. The first-order valence-corrected chi connectivity index (χ1v) is 8.69. The highest BCUT2D eigenvalue weighted by atomic mass is 32.1. The third-order valence-electron chi connectivity index (χ3n) is 4.17. The summed E-state index contributed by atoms with van der Waals surface area (Å²) < 4.78 is 5.57. The Bertz CT molecular complexity index is 878. The molecule has 8 heteroatoms. The van der Waals surface area contributed by atoms with E-state index in [0.717, 1.165) is 28.1 Å². The molecule has 0 radical (unpaired) electrons. The summed E-state index contributed by atoms with van der Waals surface area (Å²) in [7, 11) is 0. The molecule has 2 N–H and O–H groups in total. The molecule has 4 rings (SSSR count). The minimum Gasteiger partial charge on any atom is -0.377 e. The molecule has 0 amide bonds. The lowest BCUT2D eigenvalue weighted by molar-refractivity contribution is 0.0987. The number of nitrogen functional groups attached to an aromatic ring is 1. The van der Waals surface area contributed by atoms with Crippen molar-refractivity contribution < 1.29 is 4.74 Å². The van der Waals surface area contributed by atoms with Gasteiger partial charge in [-0.25, -0.2) is 19.9 Å². The number of thiophene rings is 1. The molecular formula is C16H18N6OS. The number of hydrogen-bond acceptors (Lipinski definition) is 8. The molecular weight excluding hydrogens is 324 g/mol. The molecule has 0 aromatic carbocycles. The monoisotopic (exact) mass is 342 g/mol. The number of fused-ring (bicyclic) bond motifs is 1. The molecule has 7 nitrogen and oxygen atoms in total. The smallest absolute Gasteiger partial charge is 0.219 e. The van der Waals surface area contributed by atoms with Gasteiger partial charge in [0.2, 0.25) is 5.95 Å². The first kappa shape index (κ1) is 15.2. The van der Waals surface area contributed by atoms with E-state index in [9.17, 15) is 0 Å². The molecule has 0 bridgehead atoms. The number of nitrogens with two attached hydrogens (primary N) is 1.